The average molecular weight is 251 g/mol. The lowest BCUT2D eigenvalue weighted by Crippen LogP contribution is -2.13. The Labute approximate surface area is 106 Å². The van der Waals surface area contributed by atoms with Gasteiger partial charge in [0.1, 0.15) is 0 Å². The fraction of sp³-hybridized carbons (Fsp3) is 0.538. The molecular weight excluding hydrogens is 234 g/mol. The second-order valence-corrected chi connectivity index (χ2v) is 4.54. The predicted octanol–water partition coefficient (Wildman–Crippen LogP) is 2.19. The maximum Gasteiger partial charge on any atom is 0.314 e. The molecule has 1 heterocycles. The Morgan fingerprint density at radius 1 is 1.39 bits per heavy atom. The molecule has 0 radical (unpaired) electrons. The van der Waals surface area contributed by atoms with Crippen molar-refractivity contribution < 1.29 is 19.0 Å². The third kappa shape index (κ3) is 3.12. The summed E-state index contributed by atoms with van der Waals surface area (Å²) in [5, 5.41) is 0. The van der Waals surface area contributed by atoms with Crippen molar-refractivity contribution in [2.75, 3.05) is 7.11 Å². The van der Waals surface area contributed by atoms with Crippen LogP contribution in [0.3, 0.4) is 0 Å². The van der Waals surface area contributed by atoms with E-state index in [9.17, 15) is 4.79 Å². The summed E-state index contributed by atoms with van der Waals surface area (Å²) in [5.41, 5.74) is 0. The Balaban J connectivity index is 2.19. The first-order chi connectivity index (χ1) is 8.60. The number of carbonyl (C=O) groups excluding carboxylic acids is 1. The molecule has 1 aromatic rings. The van der Waals surface area contributed by atoms with E-state index in [1.807, 2.05) is 13.8 Å². The molecule has 1 fully saturated rings. The third-order valence-corrected chi connectivity index (χ3v) is 2.50. The molecule has 0 spiro atoms. The second kappa shape index (κ2) is 5.25. The van der Waals surface area contributed by atoms with E-state index in [1.165, 1.54) is 13.3 Å². The fourth-order valence-electron chi connectivity index (χ4n) is 1.45. The maximum absolute atomic E-state index is 11.7. The lowest BCUT2D eigenvalue weighted by Gasteiger charge is -2.14. The van der Waals surface area contributed by atoms with Gasteiger partial charge >= 0.3 is 5.97 Å². The highest BCUT2D eigenvalue weighted by Crippen LogP contribution is 2.35. The molecule has 1 aliphatic rings. The van der Waals surface area contributed by atoms with Crippen LogP contribution in [0.15, 0.2) is 12.3 Å². The number of rotatable bonds is 5. The number of hydrogen-bond acceptors (Lipinski definition) is 5. The summed E-state index contributed by atoms with van der Waals surface area (Å²) in [6, 6.07) is 1.57. The van der Waals surface area contributed by atoms with Gasteiger partial charge in [0.05, 0.1) is 25.3 Å². The molecule has 1 aromatic heterocycles. The Morgan fingerprint density at radius 2 is 2.11 bits per heavy atom. The molecule has 0 amide bonds. The molecule has 0 aromatic carbocycles. The molecule has 5 heteroatoms. The highest BCUT2D eigenvalue weighted by molar-refractivity contribution is 5.78. The summed E-state index contributed by atoms with van der Waals surface area (Å²) in [6.07, 6.45) is 3.30. The normalized spacial score (nSPS) is 14.4. The number of carbonyl (C=O) groups is 1. The smallest absolute Gasteiger partial charge is 0.314 e. The van der Waals surface area contributed by atoms with Gasteiger partial charge < -0.3 is 14.2 Å². The molecule has 0 N–H and O–H groups in total. The van der Waals surface area contributed by atoms with Gasteiger partial charge in [-0.25, -0.2) is 4.98 Å². The molecule has 0 saturated heterocycles. The number of hydrogen-bond donors (Lipinski definition) is 0. The first-order valence-electron chi connectivity index (χ1n) is 6.02. The van der Waals surface area contributed by atoms with Crippen LogP contribution >= 0.6 is 0 Å². The van der Waals surface area contributed by atoms with Gasteiger partial charge in [-0.3, -0.25) is 4.79 Å². The minimum atomic E-state index is -0.211. The molecule has 2 rings (SSSR count). The number of ether oxygens (including phenoxy) is 3. The predicted molar refractivity (Wildman–Crippen MR) is 64.9 cm³/mol. The lowest BCUT2D eigenvalue weighted by molar-refractivity contribution is -0.135. The molecule has 5 nitrogen and oxygen atoms in total. The van der Waals surface area contributed by atoms with Crippen LogP contribution in [0.25, 0.3) is 0 Å². The van der Waals surface area contributed by atoms with E-state index in [4.69, 9.17) is 14.2 Å². The SMILES string of the molecule is COc1cc(OC(=O)C2CC2)c(OC(C)C)cn1. The average Bonchev–Trinajstić information content (AvgIpc) is 3.14. The molecule has 1 aliphatic carbocycles. The van der Waals surface area contributed by atoms with Crippen LogP contribution in [-0.4, -0.2) is 24.2 Å². The van der Waals surface area contributed by atoms with Crippen LogP contribution in [0.2, 0.25) is 0 Å². The van der Waals surface area contributed by atoms with Gasteiger partial charge in [-0.2, -0.15) is 0 Å². The standard InChI is InChI=1S/C13H17NO4/c1-8(2)17-11-7-14-12(16-3)6-10(11)18-13(15)9-4-5-9/h6-9H,4-5H2,1-3H3. The molecule has 1 saturated carbocycles. The van der Waals surface area contributed by atoms with Gasteiger partial charge in [-0.1, -0.05) is 0 Å². The topological polar surface area (TPSA) is 57.7 Å². The summed E-state index contributed by atoms with van der Waals surface area (Å²) in [6.45, 7) is 3.80. The molecule has 0 aliphatic heterocycles. The van der Waals surface area contributed by atoms with Gasteiger partial charge in [-0.05, 0) is 26.7 Å². The summed E-state index contributed by atoms with van der Waals surface area (Å²) in [4.78, 5) is 15.7. The summed E-state index contributed by atoms with van der Waals surface area (Å²) < 4.78 is 15.9. The Morgan fingerprint density at radius 3 is 2.67 bits per heavy atom. The highest BCUT2D eigenvalue weighted by Gasteiger charge is 2.32. The minimum absolute atomic E-state index is 0.0152. The molecular formula is C13H17NO4. The molecule has 98 valence electrons. The van der Waals surface area contributed by atoms with Gasteiger partial charge in [0.25, 0.3) is 0 Å². The van der Waals surface area contributed by atoms with Crippen molar-refractivity contribution in [2.24, 2.45) is 5.92 Å². The van der Waals surface area contributed by atoms with Crippen LogP contribution < -0.4 is 14.2 Å². The van der Waals surface area contributed by atoms with Gasteiger partial charge in [0.15, 0.2) is 11.5 Å². The van der Waals surface area contributed by atoms with Crippen molar-refractivity contribution >= 4 is 5.97 Å². The Kier molecular flexibility index (Phi) is 3.69. The van der Waals surface area contributed by atoms with Crippen molar-refractivity contribution in [1.82, 2.24) is 4.98 Å². The van der Waals surface area contributed by atoms with Gasteiger partial charge in [-0.15, -0.1) is 0 Å². The van der Waals surface area contributed by atoms with E-state index in [0.29, 0.717) is 17.4 Å². The van der Waals surface area contributed by atoms with Crippen molar-refractivity contribution in [1.29, 1.82) is 0 Å². The Bertz CT molecular complexity index is 441. The number of pyridine rings is 1. The van der Waals surface area contributed by atoms with E-state index in [-0.39, 0.29) is 18.0 Å². The molecule has 18 heavy (non-hydrogen) atoms. The van der Waals surface area contributed by atoms with E-state index in [2.05, 4.69) is 4.98 Å². The fourth-order valence-corrected chi connectivity index (χ4v) is 1.45. The van der Waals surface area contributed by atoms with Crippen molar-refractivity contribution in [3.8, 4) is 17.4 Å². The minimum Gasteiger partial charge on any atom is -0.485 e. The molecule has 0 unspecified atom stereocenters. The number of methoxy groups -OCH3 is 1. The summed E-state index contributed by atoms with van der Waals surface area (Å²) >= 11 is 0. The zero-order chi connectivity index (χ0) is 13.1. The van der Waals surface area contributed by atoms with Crippen LogP contribution in [0.5, 0.6) is 17.4 Å². The first kappa shape index (κ1) is 12.7. The van der Waals surface area contributed by atoms with E-state index in [1.54, 1.807) is 6.07 Å². The van der Waals surface area contributed by atoms with Gasteiger partial charge in [0, 0.05) is 6.07 Å². The molecule has 0 bridgehead atoms. The zero-order valence-corrected chi connectivity index (χ0v) is 10.8. The van der Waals surface area contributed by atoms with Crippen LogP contribution in [0.4, 0.5) is 0 Å². The van der Waals surface area contributed by atoms with Crippen LogP contribution in [0.1, 0.15) is 26.7 Å². The van der Waals surface area contributed by atoms with Crippen LogP contribution in [-0.2, 0) is 4.79 Å². The zero-order valence-electron chi connectivity index (χ0n) is 10.8. The van der Waals surface area contributed by atoms with E-state index < -0.39 is 0 Å². The summed E-state index contributed by atoms with van der Waals surface area (Å²) in [5.74, 6) is 1.05. The first-order valence-corrected chi connectivity index (χ1v) is 6.02. The maximum atomic E-state index is 11.7. The largest absolute Gasteiger partial charge is 0.485 e. The second-order valence-electron chi connectivity index (χ2n) is 4.54. The van der Waals surface area contributed by atoms with Crippen molar-refractivity contribution in [3.63, 3.8) is 0 Å². The number of aromatic nitrogens is 1. The highest BCUT2D eigenvalue weighted by atomic mass is 16.6. The van der Waals surface area contributed by atoms with Crippen LogP contribution in [0, 0.1) is 5.92 Å². The quantitative estimate of drug-likeness (QED) is 0.751. The van der Waals surface area contributed by atoms with Crippen molar-refractivity contribution in [3.05, 3.63) is 12.3 Å². The number of esters is 1. The van der Waals surface area contributed by atoms with E-state index in [0.717, 1.165) is 12.8 Å². The third-order valence-electron chi connectivity index (χ3n) is 2.50. The monoisotopic (exact) mass is 251 g/mol. The number of nitrogens with zero attached hydrogens (tertiary/aromatic N) is 1. The van der Waals surface area contributed by atoms with Gasteiger partial charge in [0.2, 0.25) is 5.88 Å². The lowest BCUT2D eigenvalue weighted by atomic mass is 10.3. The molecule has 0 atom stereocenters. The summed E-state index contributed by atoms with van der Waals surface area (Å²) in [7, 11) is 1.51. The van der Waals surface area contributed by atoms with Crippen molar-refractivity contribution in [2.45, 2.75) is 32.8 Å². The van der Waals surface area contributed by atoms with E-state index >= 15 is 0 Å². The Hall–Kier alpha value is -1.78.